The molecule has 0 saturated carbocycles. The van der Waals surface area contributed by atoms with Gasteiger partial charge in [-0.3, -0.25) is 15.4 Å². The van der Waals surface area contributed by atoms with Gasteiger partial charge in [-0.25, -0.2) is 0 Å². The molecule has 5 heteroatoms. The van der Waals surface area contributed by atoms with Crippen molar-refractivity contribution in [2.45, 2.75) is 6.54 Å². The molecule has 1 heterocycles. The van der Waals surface area contributed by atoms with Crippen LogP contribution in [0.15, 0.2) is 16.5 Å². The molecule has 0 saturated heterocycles. The fourth-order valence-corrected chi connectivity index (χ4v) is 0.818. The second-order valence-electron chi connectivity index (χ2n) is 2.30. The largest absolute Gasteiger partial charge is 0.433 e. The lowest BCUT2D eigenvalue weighted by Crippen LogP contribution is -2.12. The van der Waals surface area contributed by atoms with E-state index in [1.54, 1.807) is 6.07 Å². The summed E-state index contributed by atoms with van der Waals surface area (Å²) in [6.07, 6.45) is 4.99. The summed E-state index contributed by atoms with van der Waals surface area (Å²) < 4.78 is 4.86. The summed E-state index contributed by atoms with van der Waals surface area (Å²) in [5.41, 5.74) is 0. The maximum Gasteiger partial charge on any atom is 0.433 e. The fourth-order valence-electron chi connectivity index (χ4n) is 0.818. The number of furan rings is 1. The fraction of sp³-hybridized carbons (Fsp3) is 0.250. The van der Waals surface area contributed by atoms with Gasteiger partial charge in [0.25, 0.3) is 0 Å². The van der Waals surface area contributed by atoms with Crippen LogP contribution in [0.2, 0.25) is 0 Å². The molecule has 0 amide bonds. The summed E-state index contributed by atoms with van der Waals surface area (Å²) in [6.45, 7) is 0.812. The summed E-state index contributed by atoms with van der Waals surface area (Å²) >= 11 is 0. The van der Waals surface area contributed by atoms with Crippen molar-refractivity contribution in [3.05, 3.63) is 28.0 Å². The van der Waals surface area contributed by atoms with E-state index in [0.29, 0.717) is 18.8 Å². The van der Waals surface area contributed by atoms with E-state index >= 15 is 0 Å². The summed E-state index contributed by atoms with van der Waals surface area (Å²) in [5.74, 6) is 2.63. The average Bonchev–Trinajstić information content (AvgIpc) is 2.53. The summed E-state index contributed by atoms with van der Waals surface area (Å²) in [5, 5.41) is 13.1. The predicted octanol–water partition coefficient (Wildman–Crippen LogP) is 0.911. The van der Waals surface area contributed by atoms with Crippen LogP contribution in [0.1, 0.15) is 5.76 Å². The Kier molecular flexibility index (Phi) is 3.06. The molecule has 0 radical (unpaired) electrons. The Balaban J connectivity index is 2.50. The Labute approximate surface area is 74.9 Å². The lowest BCUT2D eigenvalue weighted by atomic mass is 10.4. The zero-order valence-corrected chi connectivity index (χ0v) is 6.82. The topological polar surface area (TPSA) is 68.3 Å². The highest BCUT2D eigenvalue weighted by atomic mass is 16.6. The van der Waals surface area contributed by atoms with E-state index in [9.17, 15) is 10.1 Å². The van der Waals surface area contributed by atoms with E-state index in [4.69, 9.17) is 10.8 Å². The van der Waals surface area contributed by atoms with E-state index < -0.39 is 4.92 Å². The molecule has 0 aliphatic carbocycles. The molecule has 0 bridgehead atoms. The number of hydrogen-bond donors (Lipinski definition) is 1. The number of terminal acetylenes is 1. The molecule has 5 nitrogen and oxygen atoms in total. The first-order valence-corrected chi connectivity index (χ1v) is 3.61. The zero-order valence-electron chi connectivity index (χ0n) is 6.82. The Morgan fingerprint density at radius 3 is 3.00 bits per heavy atom. The predicted molar refractivity (Wildman–Crippen MR) is 45.9 cm³/mol. The Morgan fingerprint density at radius 1 is 1.69 bits per heavy atom. The third kappa shape index (κ3) is 2.61. The van der Waals surface area contributed by atoms with Gasteiger partial charge in [0.15, 0.2) is 0 Å². The van der Waals surface area contributed by atoms with E-state index in [1.807, 2.05) is 0 Å². The monoisotopic (exact) mass is 180 g/mol. The highest BCUT2D eigenvalue weighted by Gasteiger charge is 2.10. The van der Waals surface area contributed by atoms with Crippen molar-refractivity contribution in [1.82, 2.24) is 5.32 Å². The maximum absolute atomic E-state index is 10.2. The number of nitrogens with one attached hydrogen (secondary N) is 1. The van der Waals surface area contributed by atoms with Gasteiger partial charge in [0.05, 0.1) is 19.2 Å². The standard InChI is InChI=1S/C8H8N2O3/c1-2-5-9-6-7-3-4-8(13-7)10(11)12/h1,3-4,9H,5-6H2. The quantitative estimate of drug-likeness (QED) is 0.323. The molecular formula is C8H8N2O3. The van der Waals surface area contributed by atoms with Crippen molar-refractivity contribution in [1.29, 1.82) is 0 Å². The first-order valence-electron chi connectivity index (χ1n) is 3.61. The number of nitrogens with zero attached hydrogens (tertiary/aromatic N) is 1. The van der Waals surface area contributed by atoms with Crippen LogP contribution in [0.5, 0.6) is 0 Å². The minimum Gasteiger partial charge on any atom is -0.404 e. The van der Waals surface area contributed by atoms with Crippen LogP contribution in [-0.4, -0.2) is 11.5 Å². The molecule has 0 atom stereocenters. The van der Waals surface area contributed by atoms with Gasteiger partial charge in [0.2, 0.25) is 0 Å². The Hall–Kier alpha value is -1.80. The minimum atomic E-state index is -0.579. The number of hydrogen-bond acceptors (Lipinski definition) is 4. The van der Waals surface area contributed by atoms with Gasteiger partial charge in [0.1, 0.15) is 10.7 Å². The maximum atomic E-state index is 10.2. The zero-order chi connectivity index (χ0) is 9.68. The molecule has 13 heavy (non-hydrogen) atoms. The Morgan fingerprint density at radius 2 is 2.46 bits per heavy atom. The van der Waals surface area contributed by atoms with Gasteiger partial charge in [-0.2, -0.15) is 0 Å². The van der Waals surface area contributed by atoms with Crippen LogP contribution in [0.4, 0.5) is 5.88 Å². The van der Waals surface area contributed by atoms with E-state index in [0.717, 1.165) is 0 Å². The van der Waals surface area contributed by atoms with Gasteiger partial charge < -0.3 is 4.42 Å². The third-order valence-electron chi connectivity index (χ3n) is 1.35. The van der Waals surface area contributed by atoms with Gasteiger partial charge in [0, 0.05) is 0 Å². The average molecular weight is 180 g/mol. The molecular weight excluding hydrogens is 172 g/mol. The van der Waals surface area contributed by atoms with Crippen molar-refractivity contribution in [3.63, 3.8) is 0 Å². The molecule has 0 aliphatic heterocycles. The van der Waals surface area contributed by atoms with Gasteiger partial charge in [-0.15, -0.1) is 6.42 Å². The summed E-state index contributed by atoms with van der Waals surface area (Å²) in [7, 11) is 0. The highest BCUT2D eigenvalue weighted by Crippen LogP contribution is 2.14. The molecule has 0 aliphatic rings. The minimum absolute atomic E-state index is 0.252. The lowest BCUT2D eigenvalue weighted by Gasteiger charge is -1.94. The first-order chi connectivity index (χ1) is 6.24. The van der Waals surface area contributed by atoms with E-state index in [-0.39, 0.29) is 5.88 Å². The van der Waals surface area contributed by atoms with Gasteiger partial charge in [-0.1, -0.05) is 5.92 Å². The number of nitro groups is 1. The first kappa shape index (κ1) is 9.29. The van der Waals surface area contributed by atoms with Crippen LogP contribution in [0.3, 0.4) is 0 Å². The molecule has 0 aromatic carbocycles. The van der Waals surface area contributed by atoms with E-state index in [2.05, 4.69) is 11.2 Å². The van der Waals surface area contributed by atoms with Crippen LogP contribution in [0.25, 0.3) is 0 Å². The molecule has 1 N–H and O–H groups in total. The van der Waals surface area contributed by atoms with Gasteiger partial charge in [-0.05, 0) is 6.07 Å². The molecule has 0 fully saturated rings. The second-order valence-corrected chi connectivity index (χ2v) is 2.30. The van der Waals surface area contributed by atoms with Crippen molar-refractivity contribution < 1.29 is 9.34 Å². The van der Waals surface area contributed by atoms with Crippen molar-refractivity contribution in [3.8, 4) is 12.3 Å². The summed E-state index contributed by atoms with van der Waals surface area (Å²) in [4.78, 5) is 9.62. The number of rotatable bonds is 4. The van der Waals surface area contributed by atoms with Crippen LogP contribution in [-0.2, 0) is 6.54 Å². The van der Waals surface area contributed by atoms with E-state index in [1.165, 1.54) is 6.07 Å². The lowest BCUT2D eigenvalue weighted by molar-refractivity contribution is -0.402. The third-order valence-corrected chi connectivity index (χ3v) is 1.35. The van der Waals surface area contributed by atoms with Crippen molar-refractivity contribution in [2.24, 2.45) is 0 Å². The van der Waals surface area contributed by atoms with Crippen molar-refractivity contribution in [2.75, 3.05) is 6.54 Å². The molecule has 68 valence electrons. The highest BCUT2D eigenvalue weighted by molar-refractivity contribution is 5.17. The van der Waals surface area contributed by atoms with Crippen LogP contribution in [0, 0.1) is 22.5 Å². The Bertz CT molecular complexity index is 337. The van der Waals surface area contributed by atoms with Crippen LogP contribution >= 0.6 is 0 Å². The molecule has 0 unspecified atom stereocenters. The summed E-state index contributed by atoms with van der Waals surface area (Å²) in [6, 6.07) is 2.86. The smallest absolute Gasteiger partial charge is 0.404 e. The molecule has 1 aromatic heterocycles. The molecule has 1 rings (SSSR count). The second kappa shape index (κ2) is 4.28. The molecule has 1 aromatic rings. The molecule has 0 spiro atoms. The SMILES string of the molecule is C#CCNCc1ccc([N+](=O)[O-])o1. The van der Waals surface area contributed by atoms with Gasteiger partial charge >= 0.3 is 5.88 Å². The normalized spacial score (nSPS) is 9.46. The van der Waals surface area contributed by atoms with Crippen molar-refractivity contribution >= 4 is 5.88 Å². The van der Waals surface area contributed by atoms with Crippen LogP contribution < -0.4 is 5.32 Å².